The first-order valence-electron chi connectivity index (χ1n) is 12.7. The SMILES string of the molecule is CCOC(=O)CN(C(=O)Cn1cnc2c(N)ncnc21)C(CNC(=O)OC(C)(C)C)COCCCCCN. The molecule has 0 aliphatic heterocycles. The van der Waals surface area contributed by atoms with Crippen LogP contribution in [0, 0.1) is 0 Å². The maximum absolute atomic E-state index is 13.5. The van der Waals surface area contributed by atoms with Crippen molar-refractivity contribution in [3.05, 3.63) is 12.7 Å². The second-order valence-electron chi connectivity index (χ2n) is 9.59. The van der Waals surface area contributed by atoms with Gasteiger partial charge in [0.15, 0.2) is 11.5 Å². The zero-order valence-electron chi connectivity index (χ0n) is 22.6. The standard InChI is InChI=1S/C24H40N8O6/c1-5-37-19(34)13-32(18(33)12-31-16-30-20-21(26)28-15-29-22(20)31)17(14-36-10-8-6-7-9-25)11-27-23(35)38-24(2,3)4/h15-17H,5-14,25H2,1-4H3,(H,27,35)(H2,26,28,29). The van der Waals surface area contributed by atoms with Gasteiger partial charge in [-0.1, -0.05) is 0 Å². The van der Waals surface area contributed by atoms with E-state index in [0.29, 0.717) is 24.3 Å². The first kappa shape index (κ1) is 30.7. The monoisotopic (exact) mass is 536 g/mol. The molecule has 5 N–H and O–H groups in total. The number of imidazole rings is 1. The van der Waals surface area contributed by atoms with Crippen molar-refractivity contribution in [1.29, 1.82) is 0 Å². The normalized spacial score (nSPS) is 12.2. The van der Waals surface area contributed by atoms with Crippen molar-refractivity contribution in [3.63, 3.8) is 0 Å². The molecule has 2 rings (SSSR count). The fraction of sp³-hybridized carbons (Fsp3) is 0.667. The summed E-state index contributed by atoms with van der Waals surface area (Å²) in [7, 11) is 0. The number of nitrogens with two attached hydrogens (primary N) is 2. The number of anilines is 1. The molecule has 0 saturated heterocycles. The quantitative estimate of drug-likeness (QED) is 0.216. The second-order valence-corrected chi connectivity index (χ2v) is 9.59. The third-order valence-electron chi connectivity index (χ3n) is 5.28. The fourth-order valence-electron chi connectivity index (χ4n) is 3.54. The van der Waals surface area contributed by atoms with Gasteiger partial charge in [-0.15, -0.1) is 0 Å². The third kappa shape index (κ3) is 10.1. The summed E-state index contributed by atoms with van der Waals surface area (Å²) in [6.07, 6.45) is 4.63. The average Bonchev–Trinajstić information content (AvgIpc) is 3.25. The van der Waals surface area contributed by atoms with E-state index in [1.807, 2.05) is 0 Å². The predicted molar refractivity (Wildman–Crippen MR) is 140 cm³/mol. The van der Waals surface area contributed by atoms with Gasteiger partial charge in [-0.25, -0.2) is 19.7 Å². The maximum Gasteiger partial charge on any atom is 0.407 e. The fourth-order valence-corrected chi connectivity index (χ4v) is 3.54. The number of rotatable bonds is 15. The van der Waals surface area contributed by atoms with E-state index in [4.69, 9.17) is 25.7 Å². The van der Waals surface area contributed by atoms with E-state index in [0.717, 1.165) is 19.3 Å². The van der Waals surface area contributed by atoms with Crippen LogP contribution >= 0.6 is 0 Å². The van der Waals surface area contributed by atoms with Crippen LogP contribution in [0.2, 0.25) is 0 Å². The van der Waals surface area contributed by atoms with Crippen LogP contribution in [0.25, 0.3) is 11.2 Å². The Bertz CT molecular complexity index is 1050. The molecular formula is C24H40N8O6. The third-order valence-corrected chi connectivity index (χ3v) is 5.28. The van der Waals surface area contributed by atoms with Crippen LogP contribution in [-0.4, -0.2) is 93.5 Å². The Labute approximate surface area is 222 Å². The van der Waals surface area contributed by atoms with Crippen LogP contribution < -0.4 is 16.8 Å². The zero-order valence-corrected chi connectivity index (χ0v) is 22.6. The number of carbonyl (C=O) groups is 3. The van der Waals surface area contributed by atoms with Crippen molar-refractivity contribution >= 4 is 35.0 Å². The Hall–Kier alpha value is -3.52. The van der Waals surface area contributed by atoms with E-state index in [1.54, 1.807) is 27.7 Å². The lowest BCUT2D eigenvalue weighted by atomic mass is 10.2. The summed E-state index contributed by atoms with van der Waals surface area (Å²) in [5, 5.41) is 2.68. The number of carbonyl (C=O) groups excluding carboxylic acids is 3. The largest absolute Gasteiger partial charge is 0.465 e. The average molecular weight is 537 g/mol. The van der Waals surface area contributed by atoms with Gasteiger partial charge in [-0.3, -0.25) is 9.59 Å². The molecular weight excluding hydrogens is 496 g/mol. The smallest absolute Gasteiger partial charge is 0.407 e. The molecule has 2 amide bonds. The molecule has 0 bridgehead atoms. The highest BCUT2D eigenvalue weighted by Crippen LogP contribution is 2.15. The predicted octanol–water partition coefficient (Wildman–Crippen LogP) is 0.839. The van der Waals surface area contributed by atoms with E-state index in [-0.39, 0.29) is 38.7 Å². The molecule has 0 saturated carbocycles. The van der Waals surface area contributed by atoms with Crippen LogP contribution in [0.5, 0.6) is 0 Å². The summed E-state index contributed by atoms with van der Waals surface area (Å²) < 4.78 is 17.8. The number of fused-ring (bicyclic) bond motifs is 1. The van der Waals surface area contributed by atoms with Crippen molar-refractivity contribution in [2.45, 2.75) is 65.1 Å². The van der Waals surface area contributed by atoms with E-state index in [2.05, 4.69) is 20.3 Å². The first-order chi connectivity index (χ1) is 18.1. The lowest BCUT2D eigenvalue weighted by Gasteiger charge is -2.31. The summed E-state index contributed by atoms with van der Waals surface area (Å²) in [5.74, 6) is -0.836. The molecule has 14 nitrogen and oxygen atoms in total. The highest BCUT2D eigenvalue weighted by Gasteiger charge is 2.29. The number of nitrogen functional groups attached to an aromatic ring is 1. The molecule has 0 aromatic carbocycles. The molecule has 2 heterocycles. The number of esters is 1. The molecule has 2 aromatic rings. The molecule has 0 radical (unpaired) electrons. The van der Waals surface area contributed by atoms with Gasteiger partial charge in [0.2, 0.25) is 5.91 Å². The molecule has 0 spiro atoms. The minimum atomic E-state index is -0.703. The molecule has 1 unspecified atom stereocenters. The van der Waals surface area contributed by atoms with Gasteiger partial charge >= 0.3 is 12.1 Å². The number of nitrogens with zero attached hydrogens (tertiary/aromatic N) is 5. The van der Waals surface area contributed by atoms with Gasteiger partial charge in [0, 0.05) is 13.2 Å². The Morgan fingerprint density at radius 1 is 1.16 bits per heavy atom. The van der Waals surface area contributed by atoms with Gasteiger partial charge in [-0.2, -0.15) is 0 Å². The molecule has 0 fully saturated rings. The number of hydrogen-bond acceptors (Lipinski definition) is 11. The Morgan fingerprint density at radius 2 is 1.92 bits per heavy atom. The Kier molecular flexibility index (Phi) is 12.1. The number of amides is 2. The van der Waals surface area contributed by atoms with E-state index < -0.39 is 29.6 Å². The number of hydrogen-bond donors (Lipinski definition) is 3. The molecule has 38 heavy (non-hydrogen) atoms. The molecule has 2 aromatic heterocycles. The highest BCUT2D eigenvalue weighted by molar-refractivity contribution is 5.85. The van der Waals surface area contributed by atoms with Crippen molar-refractivity contribution in [3.8, 4) is 0 Å². The van der Waals surface area contributed by atoms with Crippen molar-refractivity contribution in [2.75, 3.05) is 45.2 Å². The van der Waals surface area contributed by atoms with Crippen LogP contribution in [0.4, 0.5) is 10.6 Å². The van der Waals surface area contributed by atoms with Gasteiger partial charge in [-0.05, 0) is 53.5 Å². The van der Waals surface area contributed by atoms with E-state index >= 15 is 0 Å². The lowest BCUT2D eigenvalue weighted by molar-refractivity contribution is -0.151. The molecule has 1 atom stereocenters. The number of unbranched alkanes of at least 4 members (excludes halogenated alkanes) is 2. The van der Waals surface area contributed by atoms with Crippen LogP contribution in [0.15, 0.2) is 12.7 Å². The highest BCUT2D eigenvalue weighted by atomic mass is 16.6. The van der Waals surface area contributed by atoms with E-state index in [9.17, 15) is 14.4 Å². The number of ether oxygens (including phenoxy) is 3. The van der Waals surface area contributed by atoms with Gasteiger partial charge in [0.1, 0.15) is 30.5 Å². The number of nitrogens with one attached hydrogen (secondary N) is 1. The van der Waals surface area contributed by atoms with Crippen LogP contribution in [-0.2, 0) is 30.3 Å². The Morgan fingerprint density at radius 3 is 2.61 bits per heavy atom. The van der Waals surface area contributed by atoms with Crippen LogP contribution in [0.1, 0.15) is 47.0 Å². The maximum atomic E-state index is 13.5. The van der Waals surface area contributed by atoms with Gasteiger partial charge in [0.25, 0.3) is 0 Å². The number of alkyl carbamates (subject to hydrolysis) is 1. The molecule has 14 heteroatoms. The van der Waals surface area contributed by atoms with Crippen LogP contribution in [0.3, 0.4) is 0 Å². The summed E-state index contributed by atoms with van der Waals surface area (Å²) in [6.45, 7) is 7.64. The van der Waals surface area contributed by atoms with Crippen molar-refractivity contribution < 1.29 is 28.6 Å². The topological polar surface area (TPSA) is 190 Å². The molecule has 0 aliphatic carbocycles. The van der Waals surface area contributed by atoms with Gasteiger partial charge < -0.3 is 40.5 Å². The minimum absolute atomic E-state index is 0.0113. The molecule has 212 valence electrons. The van der Waals surface area contributed by atoms with Crippen molar-refractivity contribution in [2.24, 2.45) is 5.73 Å². The zero-order chi connectivity index (χ0) is 28.1. The van der Waals surface area contributed by atoms with E-state index in [1.165, 1.54) is 22.1 Å². The summed E-state index contributed by atoms with van der Waals surface area (Å²) in [4.78, 5) is 51.9. The van der Waals surface area contributed by atoms with Crippen molar-refractivity contribution in [1.82, 2.24) is 29.7 Å². The van der Waals surface area contributed by atoms with Gasteiger partial charge in [0.05, 0.1) is 25.6 Å². The summed E-state index contributed by atoms with van der Waals surface area (Å²) in [6, 6.07) is -0.691. The minimum Gasteiger partial charge on any atom is -0.465 e. The summed E-state index contributed by atoms with van der Waals surface area (Å²) in [5.41, 5.74) is 11.4. The first-order valence-corrected chi connectivity index (χ1v) is 12.7. The second kappa shape index (κ2) is 15.0. The molecule has 0 aliphatic rings. The number of aromatic nitrogens is 4. The lowest BCUT2D eigenvalue weighted by Crippen LogP contribution is -2.52. The Balaban J connectivity index is 2.24. The summed E-state index contributed by atoms with van der Waals surface area (Å²) >= 11 is 0.